The Morgan fingerprint density at radius 3 is 1.82 bits per heavy atom. The molecule has 1 amide bonds. The third-order valence-electron chi connectivity index (χ3n) is 4.82. The number of alkyl halides is 6. The van der Waals surface area contributed by atoms with Crippen molar-refractivity contribution in [1.82, 2.24) is 9.88 Å². The molecule has 2 aromatic carbocycles. The molecule has 0 atom stereocenters. The normalized spacial score (nSPS) is 13.6. The zero-order valence-electron chi connectivity index (χ0n) is 19.2. The molecule has 38 heavy (non-hydrogen) atoms. The van der Waals surface area contributed by atoms with Crippen LogP contribution in [0.2, 0.25) is 0 Å². The molecule has 1 fully saturated rings. The first kappa shape index (κ1) is 30.1. The molecule has 16 heteroatoms. The van der Waals surface area contributed by atoms with Crippen LogP contribution in [0.1, 0.15) is 10.4 Å². The molecule has 0 unspecified atom stereocenters. The van der Waals surface area contributed by atoms with Crippen molar-refractivity contribution in [2.24, 2.45) is 0 Å². The van der Waals surface area contributed by atoms with Gasteiger partial charge in [0.05, 0.1) is 10.2 Å². The third-order valence-corrected chi connectivity index (χ3v) is 5.69. The van der Waals surface area contributed by atoms with E-state index in [0.717, 1.165) is 36.4 Å². The highest BCUT2D eigenvalue weighted by Crippen LogP contribution is 2.25. The highest BCUT2D eigenvalue weighted by atomic mass is 32.1. The molecule has 0 saturated carbocycles. The van der Waals surface area contributed by atoms with Gasteiger partial charge < -0.3 is 25.7 Å². The Morgan fingerprint density at radius 1 is 0.842 bits per heavy atom. The molecule has 1 aliphatic rings. The number of carboxylic acids is 2. The Bertz CT molecular complexity index is 1230. The van der Waals surface area contributed by atoms with E-state index in [9.17, 15) is 31.1 Å². The summed E-state index contributed by atoms with van der Waals surface area (Å²) in [6.07, 6.45) is -10.2. The van der Waals surface area contributed by atoms with E-state index in [4.69, 9.17) is 25.5 Å². The quantitative estimate of drug-likeness (QED) is 0.395. The number of nitrogen functional groups attached to an aromatic ring is 1. The largest absolute Gasteiger partial charge is 0.490 e. The van der Waals surface area contributed by atoms with Crippen LogP contribution in [0.15, 0.2) is 48.5 Å². The number of rotatable bonds is 2. The van der Waals surface area contributed by atoms with Crippen LogP contribution >= 0.6 is 11.3 Å². The summed E-state index contributed by atoms with van der Waals surface area (Å²) in [5, 5.41) is 14.8. The highest BCUT2D eigenvalue weighted by molar-refractivity contribution is 7.22. The van der Waals surface area contributed by atoms with Gasteiger partial charge in [-0.1, -0.05) is 29.5 Å². The van der Waals surface area contributed by atoms with Gasteiger partial charge in [-0.25, -0.2) is 14.6 Å². The number of fused-ring (bicyclic) bond motifs is 1. The van der Waals surface area contributed by atoms with E-state index in [1.165, 1.54) is 17.0 Å². The minimum atomic E-state index is -5.08. The minimum absolute atomic E-state index is 0.0659. The molecular weight excluding hydrogens is 546 g/mol. The van der Waals surface area contributed by atoms with Crippen molar-refractivity contribution < 1.29 is 50.9 Å². The standard InChI is InChI=1S/C18H18N4OS.2C2HF3O2/c19-18-20-15-12-13(6-7-16(15)24-18)17(23)22-10-8-21(9-11-22)14-4-2-1-3-5-14;2*3-2(4,5)1(6)7/h1-7,12H,8-11H2,(H2,19,20);2*(H,6,7). The van der Waals surface area contributed by atoms with Crippen LogP contribution in [0.25, 0.3) is 10.2 Å². The molecule has 2 heterocycles. The monoisotopic (exact) mass is 566 g/mol. The number of carbonyl (C=O) groups excluding carboxylic acids is 1. The Balaban J connectivity index is 0.000000301. The number of nitrogens with two attached hydrogens (primary N) is 1. The Kier molecular flexibility index (Phi) is 9.87. The zero-order valence-corrected chi connectivity index (χ0v) is 20.0. The number of aromatic nitrogens is 1. The van der Waals surface area contributed by atoms with E-state index in [-0.39, 0.29) is 5.91 Å². The van der Waals surface area contributed by atoms with Gasteiger partial charge in [0.15, 0.2) is 5.13 Å². The minimum Gasteiger partial charge on any atom is -0.475 e. The Hall–Kier alpha value is -4.08. The fourth-order valence-corrected chi connectivity index (χ4v) is 3.78. The van der Waals surface area contributed by atoms with Crippen molar-refractivity contribution in [2.45, 2.75) is 12.4 Å². The van der Waals surface area contributed by atoms with Gasteiger partial charge in [-0.2, -0.15) is 26.3 Å². The van der Waals surface area contributed by atoms with Crippen molar-refractivity contribution in [2.75, 3.05) is 36.8 Å². The summed E-state index contributed by atoms with van der Waals surface area (Å²) < 4.78 is 64.5. The predicted molar refractivity (Wildman–Crippen MR) is 126 cm³/mol. The maximum Gasteiger partial charge on any atom is 0.490 e. The summed E-state index contributed by atoms with van der Waals surface area (Å²) in [7, 11) is 0. The number of hydrogen-bond donors (Lipinski definition) is 3. The molecule has 1 aromatic heterocycles. The van der Waals surface area contributed by atoms with Crippen LogP contribution in [0.5, 0.6) is 0 Å². The number of benzene rings is 2. The number of carboxylic acid groups (broad SMARTS) is 2. The van der Waals surface area contributed by atoms with Crippen molar-refractivity contribution in [3.63, 3.8) is 0 Å². The second-order valence-electron chi connectivity index (χ2n) is 7.46. The first-order chi connectivity index (χ1) is 17.6. The van der Waals surface area contributed by atoms with Gasteiger partial charge in [0.2, 0.25) is 0 Å². The van der Waals surface area contributed by atoms with Gasteiger partial charge in [0.25, 0.3) is 5.91 Å². The average Bonchev–Trinajstić information content (AvgIpc) is 3.23. The average molecular weight is 566 g/mol. The van der Waals surface area contributed by atoms with Gasteiger partial charge in [0, 0.05) is 37.4 Å². The lowest BCUT2D eigenvalue weighted by atomic mass is 10.1. The molecule has 1 saturated heterocycles. The summed E-state index contributed by atoms with van der Waals surface area (Å²) in [5.41, 5.74) is 8.43. The maximum absolute atomic E-state index is 12.7. The number of nitrogens with zero attached hydrogens (tertiary/aromatic N) is 3. The van der Waals surface area contributed by atoms with Crippen LogP contribution in [0.3, 0.4) is 0 Å². The van der Waals surface area contributed by atoms with Crippen molar-refractivity contribution in [3.8, 4) is 0 Å². The molecule has 0 aliphatic carbocycles. The van der Waals surface area contributed by atoms with Crippen molar-refractivity contribution >= 4 is 50.2 Å². The molecule has 9 nitrogen and oxygen atoms in total. The lowest BCUT2D eigenvalue weighted by molar-refractivity contribution is -0.193. The molecule has 4 rings (SSSR count). The summed E-state index contributed by atoms with van der Waals surface area (Å²) in [6.45, 7) is 3.15. The number of para-hydroxylation sites is 1. The van der Waals surface area contributed by atoms with Crippen LogP contribution in [-0.2, 0) is 9.59 Å². The summed E-state index contributed by atoms with van der Waals surface area (Å²) in [6, 6.07) is 16.0. The lowest BCUT2D eigenvalue weighted by Crippen LogP contribution is -2.48. The number of piperazine rings is 1. The molecule has 1 aliphatic heterocycles. The fourth-order valence-electron chi connectivity index (χ4n) is 3.07. The van der Waals surface area contributed by atoms with Gasteiger partial charge in [0.1, 0.15) is 0 Å². The third kappa shape index (κ3) is 8.79. The first-order valence-corrected chi connectivity index (χ1v) is 11.3. The zero-order chi connectivity index (χ0) is 28.7. The number of aliphatic carboxylic acids is 2. The van der Waals surface area contributed by atoms with Gasteiger partial charge >= 0.3 is 24.3 Å². The van der Waals surface area contributed by atoms with Crippen molar-refractivity contribution in [3.05, 3.63) is 54.1 Å². The molecule has 206 valence electrons. The molecule has 0 bridgehead atoms. The molecule has 3 aromatic rings. The number of carbonyl (C=O) groups is 3. The second-order valence-corrected chi connectivity index (χ2v) is 8.52. The van der Waals surface area contributed by atoms with E-state index in [1.54, 1.807) is 0 Å². The predicted octanol–water partition coefficient (Wildman–Crippen LogP) is 4.11. The number of halogens is 6. The van der Waals surface area contributed by atoms with Crippen LogP contribution in [-0.4, -0.2) is 76.5 Å². The van der Waals surface area contributed by atoms with Crippen LogP contribution in [0.4, 0.5) is 37.2 Å². The fraction of sp³-hybridized carbons (Fsp3) is 0.273. The molecular formula is C22H20F6N4O5S. The van der Waals surface area contributed by atoms with Crippen LogP contribution < -0.4 is 10.6 Å². The summed E-state index contributed by atoms with van der Waals surface area (Å²) in [4.78, 5) is 39.0. The summed E-state index contributed by atoms with van der Waals surface area (Å²) in [5.74, 6) is -5.45. The van der Waals surface area contributed by atoms with Gasteiger partial charge in [-0.05, 0) is 30.3 Å². The lowest BCUT2D eigenvalue weighted by Gasteiger charge is -2.36. The van der Waals surface area contributed by atoms with Crippen LogP contribution in [0, 0.1) is 0 Å². The Labute approximate surface area is 214 Å². The second kappa shape index (κ2) is 12.4. The SMILES string of the molecule is Nc1nc2cc(C(=O)N3CCN(c4ccccc4)CC3)ccc2s1.O=C(O)C(F)(F)F.O=C(O)C(F)(F)F. The highest BCUT2D eigenvalue weighted by Gasteiger charge is 2.38. The van der Waals surface area contributed by atoms with Gasteiger partial charge in [-0.15, -0.1) is 0 Å². The van der Waals surface area contributed by atoms with E-state index < -0.39 is 24.3 Å². The maximum atomic E-state index is 12.7. The number of hydrogen-bond acceptors (Lipinski definition) is 7. The number of thiazole rings is 1. The van der Waals surface area contributed by atoms with Gasteiger partial charge in [-0.3, -0.25) is 4.79 Å². The smallest absolute Gasteiger partial charge is 0.475 e. The van der Waals surface area contributed by atoms with E-state index in [0.29, 0.717) is 10.7 Å². The van der Waals surface area contributed by atoms with E-state index >= 15 is 0 Å². The molecule has 0 radical (unpaired) electrons. The molecule has 0 spiro atoms. The Morgan fingerprint density at radius 2 is 1.34 bits per heavy atom. The summed E-state index contributed by atoms with van der Waals surface area (Å²) >= 11 is 1.44. The van der Waals surface area contributed by atoms with E-state index in [1.807, 2.05) is 41.3 Å². The van der Waals surface area contributed by atoms with E-state index in [2.05, 4.69) is 22.0 Å². The number of amides is 1. The number of anilines is 2. The first-order valence-electron chi connectivity index (χ1n) is 10.4. The molecule has 4 N–H and O–H groups in total. The van der Waals surface area contributed by atoms with Crippen molar-refractivity contribution in [1.29, 1.82) is 0 Å². The topological polar surface area (TPSA) is 137 Å².